The number of nitrogens with two attached hydrogens (primary N) is 1. The summed E-state index contributed by atoms with van der Waals surface area (Å²) in [6.07, 6.45) is 6.27. The van der Waals surface area contributed by atoms with E-state index in [1.807, 2.05) is 33.8 Å². The normalized spacial score (nSPS) is 24.4. The number of hydrogen-bond acceptors (Lipinski definition) is 4. The van der Waals surface area contributed by atoms with Crippen LogP contribution < -0.4 is 21.7 Å². The fourth-order valence-electron chi connectivity index (χ4n) is 4.73. The van der Waals surface area contributed by atoms with Gasteiger partial charge in [-0.25, -0.2) is 0 Å². The lowest BCUT2D eigenvalue weighted by Gasteiger charge is -2.25. The van der Waals surface area contributed by atoms with E-state index in [1.165, 1.54) is 5.56 Å². The second kappa shape index (κ2) is 16.5. The van der Waals surface area contributed by atoms with Crippen molar-refractivity contribution in [1.29, 1.82) is 0 Å². The molecule has 1 aromatic rings. The Morgan fingerprint density at radius 2 is 1.29 bits per heavy atom. The third-order valence-corrected chi connectivity index (χ3v) is 6.38. The van der Waals surface area contributed by atoms with E-state index in [2.05, 4.69) is 47.1 Å². The zero-order valence-electron chi connectivity index (χ0n) is 21.6. The molecule has 8 heteroatoms. The third-order valence-electron chi connectivity index (χ3n) is 6.38. The van der Waals surface area contributed by atoms with Gasteiger partial charge in [-0.2, -0.15) is 27.0 Å². The molecule has 3 rings (SSSR count). The van der Waals surface area contributed by atoms with Gasteiger partial charge in [-0.3, -0.25) is 9.59 Å². The summed E-state index contributed by atoms with van der Waals surface area (Å²) >= 11 is 0. The van der Waals surface area contributed by atoms with E-state index in [-0.39, 0.29) is 74.8 Å². The van der Waals surface area contributed by atoms with Gasteiger partial charge in [0.05, 0.1) is 11.8 Å². The first kappa shape index (κ1) is 32.8. The van der Waals surface area contributed by atoms with Gasteiger partial charge in [0.15, 0.2) is 0 Å². The summed E-state index contributed by atoms with van der Waals surface area (Å²) in [6, 6.07) is 11.5. The average Bonchev–Trinajstić information content (AvgIpc) is 3.37. The molecule has 2 aliphatic rings. The Morgan fingerprint density at radius 1 is 0.794 bits per heavy atom. The molecule has 2 saturated carbocycles. The maximum atomic E-state index is 12.2. The minimum Gasteiger partial charge on any atom is -0.354 e. The van der Waals surface area contributed by atoms with E-state index in [0.29, 0.717) is 6.04 Å². The van der Waals surface area contributed by atoms with Crippen molar-refractivity contribution in [1.82, 2.24) is 16.0 Å². The van der Waals surface area contributed by atoms with Crippen molar-refractivity contribution in [3.05, 3.63) is 35.9 Å². The van der Waals surface area contributed by atoms with Crippen LogP contribution in [0.25, 0.3) is 0 Å². The number of carbonyl (C=O) groups excluding carboxylic acids is 2. The fraction of sp³-hybridized carbons (Fsp3) is 0.692. The Bertz CT molecular complexity index is 718. The van der Waals surface area contributed by atoms with Gasteiger partial charge in [-0.1, -0.05) is 43.2 Å². The molecule has 0 unspecified atom stereocenters. The molecule has 6 nitrogen and oxygen atoms in total. The van der Waals surface area contributed by atoms with Crippen LogP contribution in [0.3, 0.4) is 0 Å². The molecule has 0 aromatic heterocycles. The highest BCUT2D eigenvalue weighted by molar-refractivity contribution is 7.59. The summed E-state index contributed by atoms with van der Waals surface area (Å²) in [5.74, 6) is 0.515. The van der Waals surface area contributed by atoms with Crippen LogP contribution in [0.15, 0.2) is 30.3 Å². The van der Waals surface area contributed by atoms with Crippen molar-refractivity contribution in [3.8, 4) is 0 Å². The number of hydrogen-bond donors (Lipinski definition) is 4. The monoisotopic (exact) mass is 512 g/mol. The van der Waals surface area contributed by atoms with Crippen molar-refractivity contribution in [2.45, 2.75) is 103 Å². The first-order chi connectivity index (χ1) is 15.2. The van der Waals surface area contributed by atoms with Crippen LogP contribution in [-0.2, 0) is 9.59 Å². The van der Waals surface area contributed by atoms with Crippen LogP contribution in [-0.4, -0.2) is 36.0 Å². The van der Waals surface area contributed by atoms with Crippen LogP contribution >= 0.6 is 27.0 Å². The van der Waals surface area contributed by atoms with Gasteiger partial charge >= 0.3 is 0 Å². The lowest BCUT2D eigenvalue weighted by molar-refractivity contribution is -0.126. The second-order valence-electron chi connectivity index (χ2n) is 9.97. The summed E-state index contributed by atoms with van der Waals surface area (Å²) in [4.78, 5) is 23.7. The second-order valence-corrected chi connectivity index (χ2v) is 9.97. The molecular weight excluding hydrogens is 464 g/mol. The molecule has 34 heavy (non-hydrogen) atoms. The van der Waals surface area contributed by atoms with Crippen molar-refractivity contribution >= 4 is 38.8 Å². The van der Waals surface area contributed by atoms with E-state index >= 15 is 0 Å². The summed E-state index contributed by atoms with van der Waals surface area (Å²) in [5.41, 5.74) is 7.07. The molecule has 0 radical (unpaired) electrons. The molecule has 196 valence electrons. The zero-order valence-corrected chi connectivity index (χ0v) is 23.6. The van der Waals surface area contributed by atoms with Gasteiger partial charge in [0, 0.05) is 30.2 Å². The van der Waals surface area contributed by atoms with Crippen molar-refractivity contribution in [2.75, 3.05) is 0 Å². The predicted octanol–water partition coefficient (Wildman–Crippen LogP) is 3.89. The van der Waals surface area contributed by atoms with Crippen LogP contribution in [0.1, 0.15) is 84.7 Å². The van der Waals surface area contributed by atoms with Gasteiger partial charge in [-0.05, 0) is 65.9 Å². The van der Waals surface area contributed by atoms with Crippen molar-refractivity contribution in [2.24, 2.45) is 17.6 Å². The minimum absolute atomic E-state index is 0. The molecule has 1 aromatic carbocycles. The Hall–Kier alpha value is -1.22. The molecular formula is C26H48N4O2S2. The fourth-order valence-corrected chi connectivity index (χ4v) is 4.73. The lowest BCUT2D eigenvalue weighted by atomic mass is 9.99. The maximum absolute atomic E-state index is 12.2. The Balaban J connectivity index is 0.000000675. The van der Waals surface area contributed by atoms with Gasteiger partial charge in [0.1, 0.15) is 0 Å². The number of rotatable bonds is 7. The number of benzene rings is 1. The largest absolute Gasteiger partial charge is 0.354 e. The van der Waals surface area contributed by atoms with E-state index in [9.17, 15) is 9.59 Å². The minimum atomic E-state index is 0. The first-order valence-electron chi connectivity index (χ1n) is 12.4. The SMILES string of the molecule is CC(C)NC(=O)[C@H]1CCC[C@H]1N.CC(C)NC(=O)[C@H]1CCC[C@H]1N[C@H](C)c1ccccc1.S.S. The van der Waals surface area contributed by atoms with Gasteiger partial charge in [0.25, 0.3) is 0 Å². The van der Waals surface area contributed by atoms with Gasteiger partial charge < -0.3 is 21.7 Å². The van der Waals surface area contributed by atoms with Gasteiger partial charge in [-0.15, -0.1) is 0 Å². The van der Waals surface area contributed by atoms with Crippen LogP contribution in [0, 0.1) is 11.8 Å². The Kier molecular flexibility index (Phi) is 15.9. The summed E-state index contributed by atoms with van der Waals surface area (Å²) in [7, 11) is 0. The van der Waals surface area contributed by atoms with E-state index in [0.717, 1.165) is 38.5 Å². The predicted molar refractivity (Wildman–Crippen MR) is 152 cm³/mol. The molecule has 5 atom stereocenters. The number of amides is 2. The summed E-state index contributed by atoms with van der Waals surface area (Å²) in [5, 5.41) is 9.58. The number of nitrogens with one attached hydrogen (secondary N) is 3. The Labute approximate surface area is 220 Å². The molecule has 0 spiro atoms. The average molecular weight is 513 g/mol. The molecule has 2 aliphatic carbocycles. The highest BCUT2D eigenvalue weighted by atomic mass is 32.1. The van der Waals surface area contributed by atoms with E-state index in [1.54, 1.807) is 0 Å². The van der Waals surface area contributed by atoms with Crippen LogP contribution in [0.2, 0.25) is 0 Å². The summed E-state index contributed by atoms with van der Waals surface area (Å²) < 4.78 is 0. The molecule has 2 fully saturated rings. The zero-order chi connectivity index (χ0) is 23.7. The molecule has 5 N–H and O–H groups in total. The molecule has 0 heterocycles. The highest BCUT2D eigenvalue weighted by Crippen LogP contribution is 2.28. The smallest absolute Gasteiger partial charge is 0.224 e. The van der Waals surface area contributed by atoms with Crippen LogP contribution in [0.4, 0.5) is 0 Å². The standard InChI is InChI=1S/C17H26N2O.C9H18N2O.2H2S/c1-12(2)18-17(20)15-10-7-11-16(15)19-13(3)14-8-5-4-6-9-14;1-6(2)11-9(12)7-4-3-5-8(7)10;;/h4-6,8-9,12-13,15-16,19H,7,10-11H2,1-3H3,(H,18,20);6-8H,3-5,10H2,1-2H3,(H,11,12);2*1H2/t13-,15+,16-;7-,8+;;/m10../s1. The molecule has 0 saturated heterocycles. The summed E-state index contributed by atoms with van der Waals surface area (Å²) in [6.45, 7) is 10.1. The lowest BCUT2D eigenvalue weighted by Crippen LogP contribution is -2.44. The van der Waals surface area contributed by atoms with Crippen molar-refractivity contribution in [3.63, 3.8) is 0 Å². The third kappa shape index (κ3) is 10.6. The molecule has 0 bridgehead atoms. The molecule has 2 amide bonds. The number of carbonyl (C=O) groups is 2. The van der Waals surface area contributed by atoms with Crippen molar-refractivity contribution < 1.29 is 9.59 Å². The first-order valence-corrected chi connectivity index (χ1v) is 12.4. The topological polar surface area (TPSA) is 96.2 Å². The van der Waals surface area contributed by atoms with Gasteiger partial charge in [0.2, 0.25) is 11.8 Å². The quantitative estimate of drug-likeness (QED) is 0.446. The maximum Gasteiger partial charge on any atom is 0.224 e. The van der Waals surface area contributed by atoms with Crippen LogP contribution in [0.5, 0.6) is 0 Å². The highest BCUT2D eigenvalue weighted by Gasteiger charge is 2.34. The molecule has 0 aliphatic heterocycles. The van der Waals surface area contributed by atoms with E-state index < -0.39 is 0 Å². The van der Waals surface area contributed by atoms with E-state index in [4.69, 9.17) is 5.73 Å². The Morgan fingerprint density at radius 3 is 1.79 bits per heavy atom.